The molecule has 8 heteroatoms. The van der Waals surface area contributed by atoms with E-state index < -0.39 is 6.36 Å². The molecule has 0 N–H and O–H groups in total. The van der Waals surface area contributed by atoms with E-state index in [2.05, 4.69) is 14.7 Å². The van der Waals surface area contributed by atoms with Gasteiger partial charge < -0.3 is 9.47 Å². The van der Waals surface area contributed by atoms with E-state index >= 15 is 0 Å². The van der Waals surface area contributed by atoms with E-state index in [0.29, 0.717) is 13.2 Å². The summed E-state index contributed by atoms with van der Waals surface area (Å²) in [4.78, 5) is 2.26. The van der Waals surface area contributed by atoms with Crippen LogP contribution in [-0.2, 0) is 20.1 Å². The van der Waals surface area contributed by atoms with Crippen molar-refractivity contribution in [3.05, 3.63) is 66.0 Å². The Morgan fingerprint density at radius 2 is 1.83 bits per heavy atom. The molecule has 0 bridgehead atoms. The van der Waals surface area contributed by atoms with Gasteiger partial charge in [-0.05, 0) is 41.5 Å². The van der Waals surface area contributed by atoms with Gasteiger partial charge in [0.25, 0.3) is 0 Å². The highest BCUT2D eigenvalue weighted by atomic mass is 19.4. The molecule has 0 fully saturated rings. The molecule has 5 nitrogen and oxygen atoms in total. The molecule has 29 heavy (non-hydrogen) atoms. The van der Waals surface area contributed by atoms with Crippen molar-refractivity contribution >= 4 is 0 Å². The summed E-state index contributed by atoms with van der Waals surface area (Å²) in [6.45, 7) is 2.79. The van der Waals surface area contributed by atoms with Gasteiger partial charge >= 0.3 is 6.36 Å². The zero-order chi connectivity index (χ0) is 20.4. The number of aromatic nitrogens is 2. The molecule has 0 radical (unpaired) electrons. The van der Waals surface area contributed by atoms with E-state index in [9.17, 15) is 13.2 Å². The number of rotatable bonds is 4. The quantitative estimate of drug-likeness (QED) is 0.648. The lowest BCUT2D eigenvalue weighted by atomic mass is 10.0. The molecule has 0 spiro atoms. The molecule has 0 unspecified atom stereocenters. The third kappa shape index (κ3) is 4.89. The molecule has 2 aromatic carbocycles. The summed E-state index contributed by atoms with van der Waals surface area (Å²) in [5, 5.41) is 4.43. The number of nitrogens with zero attached hydrogens (tertiary/aromatic N) is 3. The largest absolute Gasteiger partial charge is 0.573 e. The lowest BCUT2D eigenvalue weighted by Crippen LogP contribution is -2.25. The SMILES string of the molecule is Cn1ccc(CN2CCOc3ccc(-c4ccc(OC(F)(F)F)cc4)cc3C2)n1. The van der Waals surface area contributed by atoms with E-state index in [1.807, 2.05) is 37.5 Å². The van der Waals surface area contributed by atoms with Gasteiger partial charge in [0.1, 0.15) is 18.1 Å². The van der Waals surface area contributed by atoms with Gasteiger partial charge in [0.15, 0.2) is 0 Å². The number of aryl methyl sites for hydroxylation is 1. The third-order valence-electron chi connectivity index (χ3n) is 4.70. The monoisotopic (exact) mass is 403 g/mol. The second kappa shape index (κ2) is 7.79. The lowest BCUT2D eigenvalue weighted by molar-refractivity contribution is -0.274. The summed E-state index contributed by atoms with van der Waals surface area (Å²) in [5.74, 6) is 0.593. The molecule has 0 saturated carbocycles. The van der Waals surface area contributed by atoms with Crippen LogP contribution in [0.2, 0.25) is 0 Å². The smallest absolute Gasteiger partial charge is 0.492 e. The van der Waals surface area contributed by atoms with Crippen LogP contribution in [0.5, 0.6) is 11.5 Å². The molecule has 0 saturated heterocycles. The van der Waals surface area contributed by atoms with Crippen LogP contribution < -0.4 is 9.47 Å². The van der Waals surface area contributed by atoms with Crippen LogP contribution in [0.1, 0.15) is 11.3 Å². The van der Waals surface area contributed by atoms with E-state index in [0.717, 1.165) is 41.2 Å². The standard InChI is InChI=1S/C21H20F3N3O2/c1-26-9-8-18(25-26)14-27-10-11-28-20-7-4-16(12-17(20)13-27)15-2-5-19(6-3-15)29-21(22,23)24/h2-9,12H,10-11,13-14H2,1H3. The van der Waals surface area contributed by atoms with Crippen LogP contribution in [0, 0.1) is 0 Å². The van der Waals surface area contributed by atoms with Crippen molar-refractivity contribution in [2.75, 3.05) is 13.2 Å². The molecule has 0 aliphatic carbocycles. The highest BCUT2D eigenvalue weighted by Gasteiger charge is 2.31. The van der Waals surface area contributed by atoms with Crippen molar-refractivity contribution in [1.82, 2.24) is 14.7 Å². The first-order valence-corrected chi connectivity index (χ1v) is 9.18. The van der Waals surface area contributed by atoms with Gasteiger partial charge in [-0.3, -0.25) is 9.58 Å². The molecule has 2 heterocycles. The second-order valence-electron chi connectivity index (χ2n) is 6.93. The Balaban J connectivity index is 1.53. The summed E-state index contributed by atoms with van der Waals surface area (Å²) in [6.07, 6.45) is -2.78. The van der Waals surface area contributed by atoms with Crippen molar-refractivity contribution in [2.45, 2.75) is 19.5 Å². The van der Waals surface area contributed by atoms with Crippen LogP contribution in [-0.4, -0.2) is 34.2 Å². The summed E-state index contributed by atoms with van der Waals surface area (Å²) in [5.41, 5.74) is 3.74. The van der Waals surface area contributed by atoms with Gasteiger partial charge in [-0.15, -0.1) is 13.2 Å². The number of fused-ring (bicyclic) bond motifs is 1. The third-order valence-corrected chi connectivity index (χ3v) is 4.70. The average molecular weight is 403 g/mol. The fraction of sp³-hybridized carbons (Fsp3) is 0.286. The zero-order valence-electron chi connectivity index (χ0n) is 15.8. The first-order chi connectivity index (χ1) is 13.9. The maximum atomic E-state index is 12.3. The van der Waals surface area contributed by atoms with Gasteiger partial charge in [-0.2, -0.15) is 5.10 Å². The Kier molecular flexibility index (Phi) is 5.19. The Labute approximate surface area is 166 Å². The van der Waals surface area contributed by atoms with Crippen LogP contribution in [0.3, 0.4) is 0 Å². The molecular formula is C21H20F3N3O2. The van der Waals surface area contributed by atoms with Crippen molar-refractivity contribution in [3.63, 3.8) is 0 Å². The van der Waals surface area contributed by atoms with Gasteiger partial charge in [0.05, 0.1) is 5.69 Å². The lowest BCUT2D eigenvalue weighted by Gasteiger charge is -2.18. The van der Waals surface area contributed by atoms with E-state index in [-0.39, 0.29) is 5.75 Å². The first kappa shape index (κ1) is 19.3. The summed E-state index contributed by atoms with van der Waals surface area (Å²) in [6, 6.07) is 13.7. The van der Waals surface area contributed by atoms with E-state index in [4.69, 9.17) is 4.74 Å². The number of hydrogen-bond donors (Lipinski definition) is 0. The number of ether oxygens (including phenoxy) is 2. The minimum atomic E-state index is -4.69. The Bertz CT molecular complexity index is 984. The number of benzene rings is 2. The van der Waals surface area contributed by atoms with Crippen molar-refractivity contribution in [3.8, 4) is 22.6 Å². The minimum absolute atomic E-state index is 0.235. The highest BCUT2D eigenvalue weighted by molar-refractivity contribution is 5.66. The maximum Gasteiger partial charge on any atom is 0.573 e. The van der Waals surface area contributed by atoms with Gasteiger partial charge in [-0.1, -0.05) is 18.2 Å². The minimum Gasteiger partial charge on any atom is -0.492 e. The maximum absolute atomic E-state index is 12.3. The van der Waals surface area contributed by atoms with Crippen LogP contribution in [0.15, 0.2) is 54.7 Å². The molecular weight excluding hydrogens is 383 g/mol. The summed E-state index contributed by atoms with van der Waals surface area (Å²) in [7, 11) is 1.89. The zero-order valence-corrected chi connectivity index (χ0v) is 15.8. The molecule has 0 amide bonds. The van der Waals surface area contributed by atoms with Crippen LogP contribution in [0.4, 0.5) is 13.2 Å². The number of hydrogen-bond acceptors (Lipinski definition) is 4. The Morgan fingerprint density at radius 3 is 2.52 bits per heavy atom. The molecule has 1 aromatic heterocycles. The van der Waals surface area contributed by atoms with E-state index in [1.165, 1.54) is 12.1 Å². The molecule has 152 valence electrons. The normalized spacial score (nSPS) is 14.8. The predicted molar refractivity (Wildman–Crippen MR) is 101 cm³/mol. The summed E-state index contributed by atoms with van der Waals surface area (Å²) >= 11 is 0. The van der Waals surface area contributed by atoms with Gasteiger partial charge in [0, 0.05) is 38.4 Å². The van der Waals surface area contributed by atoms with Crippen molar-refractivity contribution in [2.24, 2.45) is 7.05 Å². The predicted octanol–water partition coefficient (Wildman–Crippen LogP) is 4.38. The Morgan fingerprint density at radius 1 is 1.07 bits per heavy atom. The van der Waals surface area contributed by atoms with E-state index in [1.54, 1.807) is 16.8 Å². The van der Waals surface area contributed by atoms with Crippen LogP contribution in [0.25, 0.3) is 11.1 Å². The average Bonchev–Trinajstić information content (AvgIpc) is 2.95. The van der Waals surface area contributed by atoms with Gasteiger partial charge in [-0.25, -0.2) is 0 Å². The summed E-state index contributed by atoms with van der Waals surface area (Å²) < 4.78 is 48.6. The fourth-order valence-corrected chi connectivity index (χ4v) is 3.39. The second-order valence-corrected chi connectivity index (χ2v) is 6.93. The molecule has 1 aliphatic heterocycles. The van der Waals surface area contributed by atoms with Crippen molar-refractivity contribution < 1.29 is 22.6 Å². The van der Waals surface area contributed by atoms with Gasteiger partial charge in [0.2, 0.25) is 0 Å². The van der Waals surface area contributed by atoms with Crippen LogP contribution >= 0.6 is 0 Å². The topological polar surface area (TPSA) is 39.5 Å². The number of alkyl halides is 3. The molecule has 0 atom stereocenters. The first-order valence-electron chi connectivity index (χ1n) is 9.18. The number of halogens is 3. The molecule has 4 rings (SSSR count). The highest BCUT2D eigenvalue weighted by Crippen LogP contribution is 2.31. The fourth-order valence-electron chi connectivity index (χ4n) is 3.39. The Hall–Kier alpha value is -3.00. The molecule has 3 aromatic rings. The molecule has 1 aliphatic rings. The van der Waals surface area contributed by atoms with Crippen molar-refractivity contribution in [1.29, 1.82) is 0 Å².